The molecule has 0 fully saturated rings. The van der Waals surface area contributed by atoms with Gasteiger partial charge in [-0.25, -0.2) is 19.2 Å². The van der Waals surface area contributed by atoms with Crippen LogP contribution in [0.25, 0.3) is 10.9 Å². The number of rotatable bonds is 7. The van der Waals surface area contributed by atoms with Crippen LogP contribution in [0.2, 0.25) is 0 Å². The molecule has 3 aromatic carbocycles. The summed E-state index contributed by atoms with van der Waals surface area (Å²) in [5.74, 6) is 0.739. The van der Waals surface area contributed by atoms with Crippen LogP contribution in [0.5, 0.6) is 11.5 Å². The molecule has 0 spiro atoms. The molecule has 0 unspecified atom stereocenters. The number of hydrogen-bond acceptors (Lipinski definition) is 8. The molecule has 184 valence electrons. The average Bonchev–Trinajstić information content (AvgIpc) is 2.89. The van der Waals surface area contributed by atoms with E-state index in [1.54, 1.807) is 12.1 Å². The molecule has 0 saturated carbocycles. The highest BCUT2D eigenvalue weighted by Crippen LogP contribution is 2.34. The number of carbonyl (C=O) groups excluding carboxylic acids is 2. The van der Waals surface area contributed by atoms with Crippen molar-refractivity contribution >= 4 is 51.2 Å². The molecule has 2 amide bonds. The van der Waals surface area contributed by atoms with Gasteiger partial charge in [0, 0.05) is 35.5 Å². The highest BCUT2D eigenvalue weighted by molar-refractivity contribution is 8.12. The van der Waals surface area contributed by atoms with Gasteiger partial charge in [0.25, 0.3) is 0 Å². The lowest BCUT2D eigenvalue weighted by Gasteiger charge is -2.13. The van der Waals surface area contributed by atoms with E-state index < -0.39 is 11.8 Å². The fourth-order valence-electron chi connectivity index (χ4n) is 3.36. The molecular weight excluding hydrogens is 485 g/mol. The second kappa shape index (κ2) is 11.4. The van der Waals surface area contributed by atoms with Crippen LogP contribution in [0.15, 0.2) is 67.0 Å². The Bertz CT molecular complexity index is 1400. The molecule has 0 saturated heterocycles. The van der Waals surface area contributed by atoms with E-state index in [0.29, 0.717) is 40.2 Å². The quantitative estimate of drug-likeness (QED) is 0.297. The Hall–Kier alpha value is -4.38. The minimum absolute atomic E-state index is 0.142. The Balaban J connectivity index is 1.40. The maximum absolute atomic E-state index is 14.8. The van der Waals surface area contributed by atoms with Gasteiger partial charge in [-0.1, -0.05) is 30.3 Å². The molecule has 0 aliphatic carbocycles. The summed E-state index contributed by atoms with van der Waals surface area (Å²) in [6.07, 6.45) is 1.53. The maximum Gasteiger partial charge on any atom is 0.329 e. The number of carbonyl (C=O) groups is 2. The van der Waals surface area contributed by atoms with Gasteiger partial charge >= 0.3 is 6.03 Å². The van der Waals surface area contributed by atoms with E-state index in [1.807, 2.05) is 30.3 Å². The van der Waals surface area contributed by atoms with E-state index in [-0.39, 0.29) is 22.9 Å². The number of nitrogens with zero attached hydrogens (tertiary/aromatic N) is 2. The normalized spacial score (nSPS) is 10.5. The second-order valence-corrected chi connectivity index (χ2v) is 8.32. The highest BCUT2D eigenvalue weighted by Gasteiger charge is 2.14. The summed E-state index contributed by atoms with van der Waals surface area (Å²) in [5, 5.41) is 5.83. The molecule has 11 heteroatoms. The first kappa shape index (κ1) is 24.7. The van der Waals surface area contributed by atoms with E-state index in [4.69, 9.17) is 9.47 Å². The zero-order chi connectivity index (χ0) is 25.5. The van der Waals surface area contributed by atoms with Crippen LogP contribution < -0.4 is 24.8 Å². The number of hydrogen-bond donors (Lipinski definition) is 3. The van der Waals surface area contributed by atoms with Crippen molar-refractivity contribution in [1.82, 2.24) is 14.7 Å². The van der Waals surface area contributed by atoms with Gasteiger partial charge in [-0.3, -0.25) is 9.52 Å². The number of urea groups is 1. The summed E-state index contributed by atoms with van der Waals surface area (Å²) >= 11 is 0.674. The van der Waals surface area contributed by atoms with E-state index in [9.17, 15) is 14.0 Å². The van der Waals surface area contributed by atoms with Crippen LogP contribution in [-0.2, 0) is 11.2 Å². The Morgan fingerprint density at radius 1 is 0.972 bits per heavy atom. The van der Waals surface area contributed by atoms with Gasteiger partial charge < -0.3 is 20.1 Å². The molecule has 3 N–H and O–H groups in total. The number of ether oxygens (including phenoxy) is 2. The van der Waals surface area contributed by atoms with Crippen LogP contribution >= 0.6 is 11.9 Å². The number of fused-ring (bicyclic) bond motifs is 1. The third kappa shape index (κ3) is 5.99. The van der Waals surface area contributed by atoms with Gasteiger partial charge in [-0.2, -0.15) is 0 Å². The van der Waals surface area contributed by atoms with Crippen molar-refractivity contribution in [2.45, 2.75) is 6.42 Å². The molecule has 36 heavy (non-hydrogen) atoms. The number of nitrogens with one attached hydrogen (secondary N) is 3. The Labute approximate surface area is 210 Å². The maximum atomic E-state index is 14.8. The summed E-state index contributed by atoms with van der Waals surface area (Å²) in [4.78, 5) is 32.6. The highest BCUT2D eigenvalue weighted by atomic mass is 32.2. The standard InChI is InChI=1S/C25H22FN5O4S/c1-34-21-12-17-20(13-22(21)35-2)27-14-28-24(17)30-19-9-8-16(11-18(19)26)29-25(33)31-36-23(32)10-15-6-4-3-5-7-15/h3-9,11-14H,10H2,1-2H3,(H,27,28,30)(H2,29,31,33). The fraction of sp³-hybridized carbons (Fsp3) is 0.120. The third-order valence-corrected chi connectivity index (χ3v) is 5.73. The molecular formula is C25H22FN5O4S. The van der Waals surface area contributed by atoms with Crippen molar-refractivity contribution in [3.63, 3.8) is 0 Å². The van der Waals surface area contributed by atoms with Crippen LogP contribution in [0.1, 0.15) is 5.56 Å². The van der Waals surface area contributed by atoms with E-state index in [2.05, 4.69) is 25.3 Å². The largest absolute Gasteiger partial charge is 0.493 e. The molecule has 0 bridgehead atoms. The van der Waals surface area contributed by atoms with Crippen LogP contribution in [-0.4, -0.2) is 35.3 Å². The molecule has 4 aromatic rings. The van der Waals surface area contributed by atoms with Crippen molar-refractivity contribution in [1.29, 1.82) is 0 Å². The first-order chi connectivity index (χ1) is 17.5. The molecule has 0 aliphatic heterocycles. The molecule has 0 aliphatic rings. The number of methoxy groups -OCH3 is 2. The number of amides is 2. The fourth-order valence-corrected chi connectivity index (χ4v) is 3.86. The molecule has 1 aromatic heterocycles. The molecule has 0 radical (unpaired) electrons. The monoisotopic (exact) mass is 507 g/mol. The lowest BCUT2D eigenvalue weighted by molar-refractivity contribution is -0.110. The topological polar surface area (TPSA) is 114 Å². The van der Waals surface area contributed by atoms with Crippen LogP contribution in [0.4, 0.5) is 26.4 Å². The molecule has 1 heterocycles. The van der Waals surface area contributed by atoms with Gasteiger partial charge in [-0.15, -0.1) is 0 Å². The van der Waals surface area contributed by atoms with E-state index >= 15 is 0 Å². The smallest absolute Gasteiger partial charge is 0.329 e. The van der Waals surface area contributed by atoms with Gasteiger partial charge in [0.1, 0.15) is 18.0 Å². The SMILES string of the molecule is COc1cc2ncnc(Nc3ccc(NC(=O)NSC(=O)Cc4ccccc4)cc3F)c2cc1OC. The average molecular weight is 508 g/mol. The van der Waals surface area contributed by atoms with Crippen molar-refractivity contribution in [2.75, 3.05) is 24.9 Å². The first-order valence-corrected chi connectivity index (χ1v) is 11.5. The van der Waals surface area contributed by atoms with Gasteiger partial charge in [0.05, 0.1) is 25.4 Å². The van der Waals surface area contributed by atoms with Gasteiger partial charge in [0.15, 0.2) is 11.5 Å². The van der Waals surface area contributed by atoms with Crippen LogP contribution in [0.3, 0.4) is 0 Å². The number of halogens is 1. The lowest BCUT2D eigenvalue weighted by atomic mass is 10.2. The third-order valence-electron chi connectivity index (χ3n) is 5.07. The van der Waals surface area contributed by atoms with Crippen molar-refractivity contribution in [3.05, 3.63) is 78.4 Å². The minimum Gasteiger partial charge on any atom is -0.493 e. The zero-order valence-corrected chi connectivity index (χ0v) is 20.2. The Morgan fingerprint density at radius 3 is 2.44 bits per heavy atom. The first-order valence-electron chi connectivity index (χ1n) is 10.7. The van der Waals surface area contributed by atoms with E-state index in [1.165, 1.54) is 32.7 Å². The van der Waals surface area contributed by atoms with Gasteiger partial charge in [-0.05, 0) is 29.8 Å². The summed E-state index contributed by atoms with van der Waals surface area (Å²) in [6, 6.07) is 16.1. The number of aromatic nitrogens is 2. The molecule has 4 rings (SSSR count). The summed E-state index contributed by atoms with van der Waals surface area (Å²) in [6.45, 7) is 0. The second-order valence-electron chi connectivity index (χ2n) is 7.46. The van der Waals surface area contributed by atoms with Crippen molar-refractivity contribution in [3.8, 4) is 11.5 Å². The predicted molar refractivity (Wildman–Crippen MR) is 137 cm³/mol. The van der Waals surface area contributed by atoms with E-state index in [0.717, 1.165) is 11.6 Å². The number of benzene rings is 3. The van der Waals surface area contributed by atoms with Crippen LogP contribution in [0, 0.1) is 5.82 Å². The molecule has 0 atom stereocenters. The Kier molecular flexibility index (Phi) is 7.81. The lowest BCUT2D eigenvalue weighted by Crippen LogP contribution is -2.24. The minimum atomic E-state index is -0.649. The Morgan fingerprint density at radius 2 is 1.72 bits per heavy atom. The summed E-state index contributed by atoms with van der Waals surface area (Å²) < 4.78 is 27.9. The molecule has 9 nitrogen and oxygen atoms in total. The van der Waals surface area contributed by atoms with Gasteiger partial charge in [0.2, 0.25) is 5.12 Å². The zero-order valence-electron chi connectivity index (χ0n) is 19.4. The van der Waals surface area contributed by atoms with Crippen molar-refractivity contribution < 1.29 is 23.5 Å². The summed E-state index contributed by atoms with van der Waals surface area (Å²) in [7, 11) is 3.04. The summed E-state index contributed by atoms with van der Waals surface area (Å²) in [5.41, 5.74) is 1.78. The van der Waals surface area contributed by atoms with Crippen molar-refractivity contribution in [2.24, 2.45) is 0 Å². The number of anilines is 3. The predicted octanol–water partition coefficient (Wildman–Crippen LogP) is 5.07.